The highest BCUT2D eigenvalue weighted by atomic mass is 16.5. The van der Waals surface area contributed by atoms with E-state index in [2.05, 4.69) is 0 Å². The Balaban J connectivity index is 1.32. The first-order valence-corrected chi connectivity index (χ1v) is 12.4. The highest BCUT2D eigenvalue weighted by Gasteiger charge is 2.48. The molecular formula is C27H34O10. The second kappa shape index (κ2) is 10.6. The number of fused-ring (bicyclic) bond motifs is 1. The zero-order chi connectivity index (χ0) is 26.3. The lowest BCUT2D eigenvalue weighted by Crippen LogP contribution is -2.56. The quantitative estimate of drug-likeness (QED) is 0.364. The smallest absolute Gasteiger partial charge is 0.161 e. The number of benzene rings is 2. The molecule has 3 fully saturated rings. The lowest BCUT2D eigenvalue weighted by atomic mass is 9.81. The van der Waals surface area contributed by atoms with Crippen LogP contribution >= 0.6 is 0 Å². The molecule has 0 aromatic heterocycles. The van der Waals surface area contributed by atoms with E-state index >= 15 is 0 Å². The number of aromatic hydroxyl groups is 1. The highest BCUT2D eigenvalue weighted by Crippen LogP contribution is 2.51. The van der Waals surface area contributed by atoms with Gasteiger partial charge in [0.15, 0.2) is 11.5 Å². The number of hydrogen-bond acceptors (Lipinski definition) is 10. The van der Waals surface area contributed by atoms with E-state index in [9.17, 15) is 25.5 Å². The number of methoxy groups -OCH3 is 2. The Morgan fingerprint density at radius 1 is 0.811 bits per heavy atom. The van der Waals surface area contributed by atoms with Gasteiger partial charge in [-0.15, -0.1) is 0 Å². The molecule has 2 aliphatic heterocycles. The van der Waals surface area contributed by atoms with E-state index in [0.717, 1.165) is 11.1 Å². The summed E-state index contributed by atoms with van der Waals surface area (Å²) in [6.07, 6.45) is -5.07. The third kappa shape index (κ3) is 4.85. The zero-order valence-electron chi connectivity index (χ0n) is 20.8. The number of phenolic OH excluding ortho intramolecular Hbond substituents is 1. The molecule has 202 valence electrons. The third-order valence-corrected chi connectivity index (χ3v) is 7.87. The monoisotopic (exact) mass is 518 g/mol. The van der Waals surface area contributed by atoms with Crippen LogP contribution in [0.5, 0.6) is 23.0 Å². The van der Waals surface area contributed by atoms with Gasteiger partial charge in [0, 0.05) is 30.4 Å². The average Bonchev–Trinajstić information content (AvgIpc) is 3.51. The molecule has 1 saturated carbocycles. The molecule has 10 nitrogen and oxygen atoms in total. The largest absolute Gasteiger partial charge is 0.508 e. The fraction of sp³-hybridized carbons (Fsp3) is 0.556. The Labute approximate surface area is 214 Å². The minimum atomic E-state index is -1.42. The fourth-order valence-corrected chi connectivity index (χ4v) is 5.82. The first-order valence-electron chi connectivity index (χ1n) is 12.4. The van der Waals surface area contributed by atoms with Gasteiger partial charge in [0.1, 0.15) is 29.8 Å². The van der Waals surface area contributed by atoms with E-state index < -0.39 is 30.3 Å². The molecule has 10 heteroatoms. The van der Waals surface area contributed by atoms with Gasteiger partial charge in [0.2, 0.25) is 0 Å². The molecule has 5 N–H and O–H groups in total. The van der Waals surface area contributed by atoms with E-state index in [0.29, 0.717) is 30.5 Å². The van der Waals surface area contributed by atoms with Crippen LogP contribution in [0.15, 0.2) is 36.4 Å². The fourth-order valence-electron chi connectivity index (χ4n) is 5.82. The summed E-state index contributed by atoms with van der Waals surface area (Å²) >= 11 is 0. The van der Waals surface area contributed by atoms with Crippen molar-refractivity contribution >= 4 is 0 Å². The van der Waals surface area contributed by atoms with Crippen molar-refractivity contribution < 1.29 is 49.2 Å². The standard InChI is InChI=1S/C27H34O10/c1-33-17-6-14(5-16(29)9-17)27-19-12-35-26(18(19)11-36-27)13-3-4-20(21(7-13)34-2)37-22-8-15(10-28)23(30)25(32)24(22)31/h3-7,9,15,18-19,22-32H,8,10-12H2,1-2H3. The predicted octanol–water partition coefficient (Wildman–Crippen LogP) is 1.33. The summed E-state index contributed by atoms with van der Waals surface area (Å²) in [5, 5.41) is 50.3. The van der Waals surface area contributed by atoms with Crippen molar-refractivity contribution in [2.45, 2.75) is 43.0 Å². The first kappa shape index (κ1) is 26.0. The first-order chi connectivity index (χ1) is 17.8. The molecule has 3 aliphatic rings. The van der Waals surface area contributed by atoms with Crippen LogP contribution in [0.25, 0.3) is 0 Å². The van der Waals surface area contributed by atoms with Gasteiger partial charge in [-0.3, -0.25) is 0 Å². The Morgan fingerprint density at radius 3 is 2.16 bits per heavy atom. The van der Waals surface area contributed by atoms with Crippen LogP contribution in [0.1, 0.15) is 29.8 Å². The molecule has 0 amide bonds. The Bertz CT molecular complexity index is 1090. The SMILES string of the molecule is COc1cc(O)cc(C2OCC3C(c4ccc(OC5CC(CO)C(O)C(O)C5O)c(OC)c4)OCC23)c1. The van der Waals surface area contributed by atoms with Gasteiger partial charge in [0.05, 0.1) is 45.7 Å². The van der Waals surface area contributed by atoms with Crippen LogP contribution in [0.4, 0.5) is 0 Å². The van der Waals surface area contributed by atoms with Crippen molar-refractivity contribution in [2.75, 3.05) is 34.0 Å². The van der Waals surface area contributed by atoms with E-state index in [4.69, 9.17) is 23.7 Å². The normalized spacial score (nSPS) is 35.2. The highest BCUT2D eigenvalue weighted by molar-refractivity contribution is 5.45. The number of hydrogen-bond donors (Lipinski definition) is 5. The summed E-state index contributed by atoms with van der Waals surface area (Å²) in [6, 6.07) is 10.5. The summed E-state index contributed by atoms with van der Waals surface area (Å²) in [4.78, 5) is 0. The lowest BCUT2D eigenvalue weighted by Gasteiger charge is -2.39. The van der Waals surface area contributed by atoms with E-state index in [1.165, 1.54) is 7.11 Å². The van der Waals surface area contributed by atoms with Crippen LogP contribution in [-0.2, 0) is 9.47 Å². The maximum Gasteiger partial charge on any atom is 0.161 e. The molecule has 9 atom stereocenters. The van der Waals surface area contributed by atoms with Gasteiger partial charge in [-0.25, -0.2) is 0 Å². The zero-order valence-corrected chi connectivity index (χ0v) is 20.8. The van der Waals surface area contributed by atoms with E-state index in [-0.39, 0.29) is 42.8 Å². The van der Waals surface area contributed by atoms with Crippen molar-refractivity contribution in [3.05, 3.63) is 47.5 Å². The summed E-state index contributed by atoms with van der Waals surface area (Å²) in [7, 11) is 3.07. The summed E-state index contributed by atoms with van der Waals surface area (Å²) in [5.41, 5.74) is 1.73. The number of aliphatic hydroxyl groups is 4. The molecular weight excluding hydrogens is 484 g/mol. The van der Waals surface area contributed by atoms with Gasteiger partial charge in [-0.05, 0) is 41.8 Å². The summed E-state index contributed by atoms with van der Waals surface area (Å²) in [5.74, 6) is 1.07. The molecule has 2 aromatic rings. The van der Waals surface area contributed by atoms with E-state index in [1.807, 2.05) is 18.2 Å². The molecule has 9 unspecified atom stereocenters. The van der Waals surface area contributed by atoms with Crippen molar-refractivity contribution in [3.63, 3.8) is 0 Å². The molecule has 2 saturated heterocycles. The predicted molar refractivity (Wildman–Crippen MR) is 130 cm³/mol. The molecule has 2 heterocycles. The molecule has 1 aliphatic carbocycles. The van der Waals surface area contributed by atoms with Gasteiger partial charge in [0.25, 0.3) is 0 Å². The molecule has 0 spiro atoms. The second-order valence-electron chi connectivity index (χ2n) is 10.0. The Hall–Kier alpha value is -2.60. The molecule has 2 aromatic carbocycles. The molecule has 5 rings (SSSR count). The number of rotatable bonds is 7. The molecule has 0 bridgehead atoms. The molecule has 0 radical (unpaired) electrons. The topological polar surface area (TPSA) is 147 Å². The third-order valence-electron chi connectivity index (χ3n) is 7.87. The van der Waals surface area contributed by atoms with Crippen molar-refractivity contribution in [1.29, 1.82) is 0 Å². The maximum absolute atomic E-state index is 10.4. The van der Waals surface area contributed by atoms with Gasteiger partial charge >= 0.3 is 0 Å². The average molecular weight is 519 g/mol. The van der Waals surface area contributed by atoms with Crippen LogP contribution < -0.4 is 14.2 Å². The van der Waals surface area contributed by atoms with Crippen molar-refractivity contribution in [2.24, 2.45) is 17.8 Å². The van der Waals surface area contributed by atoms with Gasteiger partial charge in [-0.2, -0.15) is 0 Å². The van der Waals surface area contributed by atoms with Crippen LogP contribution in [0.3, 0.4) is 0 Å². The Kier molecular flexibility index (Phi) is 7.49. The minimum Gasteiger partial charge on any atom is -0.508 e. The Morgan fingerprint density at radius 2 is 1.51 bits per heavy atom. The van der Waals surface area contributed by atoms with Crippen LogP contribution in [0, 0.1) is 17.8 Å². The second-order valence-corrected chi connectivity index (χ2v) is 10.0. The van der Waals surface area contributed by atoms with Crippen molar-refractivity contribution in [3.8, 4) is 23.0 Å². The van der Waals surface area contributed by atoms with Gasteiger partial charge < -0.3 is 49.2 Å². The minimum absolute atomic E-state index is 0.0944. The number of phenols is 1. The lowest BCUT2D eigenvalue weighted by molar-refractivity contribution is -0.157. The summed E-state index contributed by atoms with van der Waals surface area (Å²) < 4.78 is 29.2. The van der Waals surface area contributed by atoms with Crippen molar-refractivity contribution in [1.82, 2.24) is 0 Å². The number of ether oxygens (including phenoxy) is 5. The maximum atomic E-state index is 10.4. The number of aliphatic hydroxyl groups excluding tert-OH is 4. The molecule has 37 heavy (non-hydrogen) atoms. The summed E-state index contributed by atoms with van der Waals surface area (Å²) in [6.45, 7) is 0.659. The van der Waals surface area contributed by atoms with E-state index in [1.54, 1.807) is 25.3 Å². The van der Waals surface area contributed by atoms with Gasteiger partial charge in [-0.1, -0.05) is 6.07 Å². The van der Waals surface area contributed by atoms with Crippen LogP contribution in [-0.4, -0.2) is 84.0 Å². The van der Waals surface area contributed by atoms with Crippen LogP contribution in [0.2, 0.25) is 0 Å².